The Hall–Kier alpha value is -1.98. The first-order valence-corrected chi connectivity index (χ1v) is 9.86. The van der Waals surface area contributed by atoms with Gasteiger partial charge in [-0.1, -0.05) is 48.5 Å². The van der Waals surface area contributed by atoms with Crippen LogP contribution in [0.5, 0.6) is 0 Å². The highest BCUT2D eigenvalue weighted by molar-refractivity contribution is 7.98. The Balaban J connectivity index is 1.59. The van der Waals surface area contributed by atoms with E-state index in [1.807, 2.05) is 30.5 Å². The van der Waals surface area contributed by atoms with E-state index in [-0.39, 0.29) is 12.5 Å². The fourth-order valence-electron chi connectivity index (χ4n) is 3.21. The summed E-state index contributed by atoms with van der Waals surface area (Å²) in [5.41, 5.74) is 4.80. The Kier molecular flexibility index (Phi) is 6.00. The molecule has 2 aromatic carbocycles. The van der Waals surface area contributed by atoms with Crippen LogP contribution in [-0.2, 0) is 4.74 Å². The lowest BCUT2D eigenvalue weighted by molar-refractivity contribution is 0.127. The van der Waals surface area contributed by atoms with Crippen molar-refractivity contribution in [1.82, 2.24) is 5.32 Å². The number of amides is 1. The molecular formula is C20H23NO3S. The van der Waals surface area contributed by atoms with Crippen LogP contribution < -0.4 is 5.32 Å². The van der Waals surface area contributed by atoms with Crippen LogP contribution in [0.4, 0.5) is 4.79 Å². The predicted octanol–water partition coefficient (Wildman–Crippen LogP) is 3.64. The maximum atomic E-state index is 12.0. The Morgan fingerprint density at radius 3 is 2.36 bits per heavy atom. The lowest BCUT2D eigenvalue weighted by atomic mass is 9.98. The zero-order valence-electron chi connectivity index (χ0n) is 14.3. The van der Waals surface area contributed by atoms with Crippen molar-refractivity contribution in [3.8, 4) is 11.1 Å². The smallest absolute Gasteiger partial charge is 0.407 e. The summed E-state index contributed by atoms with van der Waals surface area (Å²) in [5, 5.41) is 12.4. The number of rotatable bonds is 7. The first-order chi connectivity index (χ1) is 12.2. The largest absolute Gasteiger partial charge is 0.449 e. The quantitative estimate of drug-likeness (QED) is 0.794. The number of aliphatic hydroxyl groups is 1. The molecule has 0 radical (unpaired) electrons. The second-order valence-corrected chi connectivity index (χ2v) is 7.13. The zero-order valence-corrected chi connectivity index (χ0v) is 15.1. The van der Waals surface area contributed by atoms with Gasteiger partial charge in [-0.25, -0.2) is 4.79 Å². The third-order valence-electron chi connectivity index (χ3n) is 4.48. The van der Waals surface area contributed by atoms with Gasteiger partial charge in [-0.3, -0.25) is 0 Å². The molecule has 4 nitrogen and oxygen atoms in total. The van der Waals surface area contributed by atoms with Crippen LogP contribution in [-0.4, -0.2) is 42.5 Å². The first-order valence-electron chi connectivity index (χ1n) is 8.46. The average molecular weight is 357 g/mol. The topological polar surface area (TPSA) is 58.6 Å². The minimum absolute atomic E-state index is 0.0552. The molecule has 0 bridgehead atoms. The van der Waals surface area contributed by atoms with Gasteiger partial charge < -0.3 is 15.2 Å². The summed E-state index contributed by atoms with van der Waals surface area (Å²) in [6, 6.07) is 16.5. The van der Waals surface area contributed by atoms with Gasteiger partial charge in [-0.2, -0.15) is 11.8 Å². The molecule has 0 spiro atoms. The number of carbonyl (C=O) groups is 1. The molecule has 5 heteroatoms. The van der Waals surface area contributed by atoms with E-state index >= 15 is 0 Å². The maximum Gasteiger partial charge on any atom is 0.407 e. The average Bonchev–Trinajstić information content (AvgIpc) is 2.97. The number of thioether (sulfide) groups is 1. The predicted molar refractivity (Wildman–Crippen MR) is 102 cm³/mol. The second kappa shape index (κ2) is 8.41. The van der Waals surface area contributed by atoms with E-state index in [1.165, 1.54) is 22.3 Å². The SMILES string of the molecule is CSCCC(O)CNC(=O)OCC1c2ccccc2-c2ccccc21. The highest BCUT2D eigenvalue weighted by Gasteiger charge is 2.28. The molecule has 132 valence electrons. The van der Waals surface area contributed by atoms with Gasteiger partial charge in [0.25, 0.3) is 0 Å². The first kappa shape index (κ1) is 17.8. The fourth-order valence-corrected chi connectivity index (χ4v) is 3.71. The van der Waals surface area contributed by atoms with Crippen molar-refractivity contribution in [2.45, 2.75) is 18.4 Å². The van der Waals surface area contributed by atoms with E-state index in [0.717, 1.165) is 5.75 Å². The molecule has 0 aliphatic heterocycles. The Bertz CT molecular complexity index is 689. The minimum Gasteiger partial charge on any atom is -0.449 e. The summed E-state index contributed by atoms with van der Waals surface area (Å²) in [5.74, 6) is 0.924. The molecule has 2 N–H and O–H groups in total. The van der Waals surface area contributed by atoms with Crippen molar-refractivity contribution in [3.05, 3.63) is 59.7 Å². The number of nitrogens with one attached hydrogen (secondary N) is 1. The summed E-state index contributed by atoms with van der Waals surface area (Å²) < 4.78 is 5.43. The van der Waals surface area contributed by atoms with Gasteiger partial charge in [0.1, 0.15) is 6.61 Å². The van der Waals surface area contributed by atoms with Crippen LogP contribution in [0.2, 0.25) is 0 Å². The molecule has 1 amide bonds. The number of aliphatic hydroxyl groups excluding tert-OH is 1. The molecule has 0 saturated heterocycles. The van der Waals surface area contributed by atoms with E-state index in [1.54, 1.807) is 11.8 Å². The standard InChI is InChI=1S/C20H23NO3S/c1-25-11-10-14(22)12-21-20(23)24-13-19-17-8-4-2-6-15(17)16-7-3-5-9-18(16)19/h2-9,14,19,22H,10-13H2,1H3,(H,21,23). The van der Waals surface area contributed by atoms with Crippen molar-refractivity contribution in [1.29, 1.82) is 0 Å². The summed E-state index contributed by atoms with van der Waals surface area (Å²) in [7, 11) is 0. The number of fused-ring (bicyclic) bond motifs is 3. The van der Waals surface area contributed by atoms with Gasteiger partial charge in [-0.15, -0.1) is 0 Å². The van der Waals surface area contributed by atoms with Crippen LogP contribution in [0.3, 0.4) is 0 Å². The molecule has 0 aromatic heterocycles. The number of alkyl carbamates (subject to hydrolysis) is 1. The van der Waals surface area contributed by atoms with Gasteiger partial charge in [0.15, 0.2) is 0 Å². The third-order valence-corrected chi connectivity index (χ3v) is 5.12. The van der Waals surface area contributed by atoms with Crippen LogP contribution in [0.25, 0.3) is 11.1 Å². The van der Waals surface area contributed by atoms with Crippen molar-refractivity contribution in [3.63, 3.8) is 0 Å². The maximum absolute atomic E-state index is 12.0. The molecule has 1 aliphatic carbocycles. The van der Waals surface area contributed by atoms with E-state index in [2.05, 4.69) is 29.6 Å². The lowest BCUT2D eigenvalue weighted by Gasteiger charge is -2.15. The Labute approximate surface area is 152 Å². The summed E-state index contributed by atoms with van der Waals surface area (Å²) in [6.07, 6.45) is 1.63. The van der Waals surface area contributed by atoms with Crippen molar-refractivity contribution in [2.24, 2.45) is 0 Å². The Morgan fingerprint density at radius 1 is 1.16 bits per heavy atom. The number of hydrogen-bond acceptors (Lipinski definition) is 4. The molecule has 0 saturated carbocycles. The number of carbonyl (C=O) groups excluding carboxylic acids is 1. The molecule has 3 rings (SSSR count). The van der Waals surface area contributed by atoms with Gasteiger partial charge in [-0.05, 0) is 40.7 Å². The van der Waals surface area contributed by atoms with E-state index < -0.39 is 12.2 Å². The molecule has 0 heterocycles. The molecule has 2 aromatic rings. The van der Waals surface area contributed by atoms with E-state index in [9.17, 15) is 9.90 Å². The van der Waals surface area contributed by atoms with Crippen LogP contribution in [0.1, 0.15) is 23.5 Å². The number of ether oxygens (including phenoxy) is 1. The lowest BCUT2D eigenvalue weighted by Crippen LogP contribution is -2.33. The molecule has 1 aliphatic rings. The van der Waals surface area contributed by atoms with Gasteiger partial charge >= 0.3 is 6.09 Å². The number of hydrogen-bond donors (Lipinski definition) is 2. The van der Waals surface area contributed by atoms with E-state index in [4.69, 9.17) is 4.74 Å². The zero-order chi connectivity index (χ0) is 17.6. The normalized spacial score (nSPS) is 13.8. The summed E-state index contributed by atoms with van der Waals surface area (Å²) in [4.78, 5) is 12.0. The van der Waals surface area contributed by atoms with Crippen molar-refractivity contribution < 1.29 is 14.6 Å². The minimum atomic E-state index is -0.534. The highest BCUT2D eigenvalue weighted by atomic mass is 32.2. The van der Waals surface area contributed by atoms with Crippen LogP contribution in [0.15, 0.2) is 48.5 Å². The number of benzene rings is 2. The second-order valence-electron chi connectivity index (χ2n) is 6.14. The molecule has 1 atom stereocenters. The molecule has 0 fully saturated rings. The molecular weight excluding hydrogens is 334 g/mol. The van der Waals surface area contributed by atoms with Crippen molar-refractivity contribution in [2.75, 3.05) is 25.2 Å². The van der Waals surface area contributed by atoms with Crippen LogP contribution in [0, 0.1) is 0 Å². The van der Waals surface area contributed by atoms with Gasteiger partial charge in [0.2, 0.25) is 0 Å². The molecule has 1 unspecified atom stereocenters. The Morgan fingerprint density at radius 2 is 1.76 bits per heavy atom. The van der Waals surface area contributed by atoms with Crippen LogP contribution >= 0.6 is 11.8 Å². The van der Waals surface area contributed by atoms with Gasteiger partial charge in [0, 0.05) is 12.5 Å². The monoisotopic (exact) mass is 357 g/mol. The van der Waals surface area contributed by atoms with Crippen molar-refractivity contribution >= 4 is 17.9 Å². The summed E-state index contributed by atoms with van der Waals surface area (Å²) >= 11 is 1.67. The third kappa shape index (κ3) is 4.17. The highest BCUT2D eigenvalue weighted by Crippen LogP contribution is 2.44. The van der Waals surface area contributed by atoms with Gasteiger partial charge in [0.05, 0.1) is 6.10 Å². The fraction of sp³-hybridized carbons (Fsp3) is 0.350. The van der Waals surface area contributed by atoms with E-state index in [0.29, 0.717) is 13.0 Å². The molecule has 25 heavy (non-hydrogen) atoms. The summed E-state index contributed by atoms with van der Waals surface area (Å²) in [6.45, 7) is 0.512.